The van der Waals surface area contributed by atoms with E-state index in [1.54, 1.807) is 11.0 Å². The van der Waals surface area contributed by atoms with Crippen LogP contribution in [-0.4, -0.2) is 42.3 Å². The SMILES string of the molecule is CCOc1cccc(NC(=O)N2CCC(CO)C2)c1. The molecule has 5 nitrogen and oxygen atoms in total. The summed E-state index contributed by atoms with van der Waals surface area (Å²) in [5.74, 6) is 0.954. The van der Waals surface area contributed by atoms with Crippen LogP contribution >= 0.6 is 0 Å². The Balaban J connectivity index is 1.93. The summed E-state index contributed by atoms with van der Waals surface area (Å²) < 4.78 is 5.39. The van der Waals surface area contributed by atoms with E-state index in [4.69, 9.17) is 9.84 Å². The number of ether oxygens (including phenoxy) is 1. The molecule has 1 aromatic rings. The quantitative estimate of drug-likeness (QED) is 0.873. The van der Waals surface area contributed by atoms with Crippen LogP contribution in [0.1, 0.15) is 13.3 Å². The Bertz CT molecular complexity index is 436. The fourth-order valence-corrected chi connectivity index (χ4v) is 2.20. The van der Waals surface area contributed by atoms with Crippen LogP contribution in [0.25, 0.3) is 0 Å². The van der Waals surface area contributed by atoms with Gasteiger partial charge in [0.25, 0.3) is 0 Å². The molecule has 2 N–H and O–H groups in total. The largest absolute Gasteiger partial charge is 0.494 e. The molecule has 0 aromatic heterocycles. The molecule has 0 bridgehead atoms. The summed E-state index contributed by atoms with van der Waals surface area (Å²) in [6.07, 6.45) is 0.864. The number of benzene rings is 1. The van der Waals surface area contributed by atoms with E-state index in [0.29, 0.717) is 19.7 Å². The Kier molecular flexibility index (Phi) is 4.63. The first-order chi connectivity index (χ1) is 9.22. The second-order valence-electron chi connectivity index (χ2n) is 4.67. The van der Waals surface area contributed by atoms with E-state index in [9.17, 15) is 4.79 Å². The average Bonchev–Trinajstić information content (AvgIpc) is 2.88. The third-order valence-corrected chi connectivity index (χ3v) is 3.23. The summed E-state index contributed by atoms with van der Waals surface area (Å²) in [6.45, 7) is 3.98. The van der Waals surface area contributed by atoms with E-state index in [1.165, 1.54) is 0 Å². The Morgan fingerprint density at radius 1 is 1.58 bits per heavy atom. The molecule has 5 heteroatoms. The number of urea groups is 1. The van der Waals surface area contributed by atoms with Crippen molar-refractivity contribution in [2.45, 2.75) is 13.3 Å². The normalized spacial score (nSPS) is 18.4. The molecule has 19 heavy (non-hydrogen) atoms. The minimum Gasteiger partial charge on any atom is -0.494 e. The lowest BCUT2D eigenvalue weighted by Gasteiger charge is -2.17. The van der Waals surface area contributed by atoms with Crippen molar-refractivity contribution in [2.24, 2.45) is 5.92 Å². The molecule has 1 aliphatic heterocycles. The Morgan fingerprint density at radius 2 is 2.42 bits per heavy atom. The van der Waals surface area contributed by atoms with E-state index in [1.807, 2.05) is 25.1 Å². The molecule has 0 radical (unpaired) electrons. The second-order valence-corrected chi connectivity index (χ2v) is 4.67. The molecule has 1 aliphatic rings. The molecule has 1 aromatic carbocycles. The highest BCUT2D eigenvalue weighted by Gasteiger charge is 2.25. The molecule has 0 spiro atoms. The Morgan fingerprint density at radius 3 is 3.11 bits per heavy atom. The predicted octanol–water partition coefficient (Wildman–Crippen LogP) is 1.93. The number of amides is 2. The third-order valence-electron chi connectivity index (χ3n) is 3.23. The Hall–Kier alpha value is -1.75. The van der Waals surface area contributed by atoms with E-state index < -0.39 is 0 Å². The zero-order chi connectivity index (χ0) is 13.7. The van der Waals surface area contributed by atoms with Crippen molar-refractivity contribution in [3.05, 3.63) is 24.3 Å². The summed E-state index contributed by atoms with van der Waals surface area (Å²) in [7, 11) is 0. The lowest BCUT2D eigenvalue weighted by molar-refractivity contribution is 0.209. The molecular formula is C14H20N2O3. The lowest BCUT2D eigenvalue weighted by Crippen LogP contribution is -2.33. The van der Waals surface area contributed by atoms with Crippen LogP contribution in [0.5, 0.6) is 5.75 Å². The van der Waals surface area contributed by atoms with E-state index in [-0.39, 0.29) is 18.6 Å². The number of nitrogens with zero attached hydrogens (tertiary/aromatic N) is 1. The number of nitrogens with one attached hydrogen (secondary N) is 1. The number of hydrogen-bond acceptors (Lipinski definition) is 3. The van der Waals surface area contributed by atoms with Gasteiger partial charge in [-0.3, -0.25) is 0 Å². The molecule has 2 amide bonds. The van der Waals surface area contributed by atoms with Gasteiger partial charge in [-0.2, -0.15) is 0 Å². The monoisotopic (exact) mass is 264 g/mol. The Labute approximate surface area is 113 Å². The maximum absolute atomic E-state index is 12.0. The smallest absolute Gasteiger partial charge is 0.321 e. The number of carbonyl (C=O) groups excluding carboxylic acids is 1. The van der Waals surface area contributed by atoms with Gasteiger partial charge in [0.2, 0.25) is 0 Å². The molecule has 0 aliphatic carbocycles. The average molecular weight is 264 g/mol. The van der Waals surface area contributed by atoms with E-state index in [0.717, 1.165) is 17.9 Å². The predicted molar refractivity (Wildman–Crippen MR) is 73.4 cm³/mol. The van der Waals surface area contributed by atoms with Gasteiger partial charge in [-0.05, 0) is 25.5 Å². The van der Waals surface area contributed by atoms with Crippen molar-refractivity contribution in [1.29, 1.82) is 0 Å². The number of aliphatic hydroxyl groups is 1. The van der Waals surface area contributed by atoms with Gasteiger partial charge in [-0.15, -0.1) is 0 Å². The van der Waals surface area contributed by atoms with Gasteiger partial charge < -0.3 is 20.1 Å². The standard InChI is InChI=1S/C14H20N2O3/c1-2-19-13-5-3-4-12(8-13)15-14(18)16-7-6-11(9-16)10-17/h3-5,8,11,17H,2,6-7,9-10H2,1H3,(H,15,18). The highest BCUT2D eigenvalue weighted by atomic mass is 16.5. The molecule has 1 atom stereocenters. The number of aliphatic hydroxyl groups excluding tert-OH is 1. The van der Waals surface area contributed by atoms with Gasteiger partial charge in [0, 0.05) is 37.4 Å². The highest BCUT2D eigenvalue weighted by molar-refractivity contribution is 5.89. The molecule has 2 rings (SSSR count). The molecule has 1 fully saturated rings. The first-order valence-electron chi connectivity index (χ1n) is 6.62. The van der Waals surface area contributed by atoms with Gasteiger partial charge in [-0.25, -0.2) is 4.79 Å². The summed E-state index contributed by atoms with van der Waals surface area (Å²) in [4.78, 5) is 13.8. The van der Waals surface area contributed by atoms with Crippen LogP contribution in [0.15, 0.2) is 24.3 Å². The van der Waals surface area contributed by atoms with Crippen molar-refractivity contribution in [1.82, 2.24) is 4.90 Å². The highest BCUT2D eigenvalue weighted by Crippen LogP contribution is 2.20. The lowest BCUT2D eigenvalue weighted by atomic mass is 10.1. The maximum Gasteiger partial charge on any atom is 0.321 e. The molecule has 104 valence electrons. The van der Waals surface area contributed by atoms with Gasteiger partial charge >= 0.3 is 6.03 Å². The second kappa shape index (κ2) is 6.43. The fraction of sp³-hybridized carbons (Fsp3) is 0.500. The molecule has 0 saturated carbocycles. The van der Waals surface area contributed by atoms with Crippen LogP contribution < -0.4 is 10.1 Å². The topological polar surface area (TPSA) is 61.8 Å². The first-order valence-corrected chi connectivity index (χ1v) is 6.62. The van der Waals surface area contributed by atoms with Crippen molar-refractivity contribution in [3.8, 4) is 5.75 Å². The van der Waals surface area contributed by atoms with Crippen LogP contribution in [0.3, 0.4) is 0 Å². The van der Waals surface area contributed by atoms with Crippen LogP contribution in [-0.2, 0) is 0 Å². The summed E-state index contributed by atoms with van der Waals surface area (Å²) in [6, 6.07) is 7.23. The summed E-state index contributed by atoms with van der Waals surface area (Å²) >= 11 is 0. The fourth-order valence-electron chi connectivity index (χ4n) is 2.20. The van der Waals surface area contributed by atoms with Crippen molar-refractivity contribution >= 4 is 11.7 Å². The molecule has 1 saturated heterocycles. The van der Waals surface area contributed by atoms with Crippen molar-refractivity contribution in [3.63, 3.8) is 0 Å². The first kappa shape index (κ1) is 13.7. The van der Waals surface area contributed by atoms with E-state index >= 15 is 0 Å². The maximum atomic E-state index is 12.0. The number of likely N-dealkylation sites (tertiary alicyclic amines) is 1. The van der Waals surface area contributed by atoms with Crippen molar-refractivity contribution in [2.75, 3.05) is 31.6 Å². The summed E-state index contributed by atoms with van der Waals surface area (Å²) in [5, 5.41) is 11.9. The number of hydrogen-bond donors (Lipinski definition) is 2. The van der Waals surface area contributed by atoms with Crippen LogP contribution in [0.4, 0.5) is 10.5 Å². The van der Waals surface area contributed by atoms with Crippen LogP contribution in [0.2, 0.25) is 0 Å². The zero-order valence-electron chi connectivity index (χ0n) is 11.1. The van der Waals surface area contributed by atoms with Gasteiger partial charge in [-0.1, -0.05) is 6.07 Å². The minimum atomic E-state index is -0.121. The van der Waals surface area contributed by atoms with Crippen LogP contribution in [0, 0.1) is 5.92 Å². The van der Waals surface area contributed by atoms with Gasteiger partial charge in [0.1, 0.15) is 5.75 Å². The number of anilines is 1. The molecular weight excluding hydrogens is 244 g/mol. The van der Waals surface area contributed by atoms with Gasteiger partial charge in [0.05, 0.1) is 6.61 Å². The number of carbonyl (C=O) groups is 1. The minimum absolute atomic E-state index is 0.121. The zero-order valence-corrected chi connectivity index (χ0v) is 11.1. The summed E-state index contributed by atoms with van der Waals surface area (Å²) in [5.41, 5.74) is 0.725. The van der Waals surface area contributed by atoms with Gasteiger partial charge in [0.15, 0.2) is 0 Å². The number of rotatable bonds is 4. The van der Waals surface area contributed by atoms with Crippen molar-refractivity contribution < 1.29 is 14.6 Å². The molecule has 1 unspecified atom stereocenters. The molecule has 1 heterocycles. The third kappa shape index (κ3) is 3.61. The van der Waals surface area contributed by atoms with E-state index in [2.05, 4.69) is 5.32 Å².